The molecule has 18 heavy (non-hydrogen) atoms. The zero-order valence-electron chi connectivity index (χ0n) is 10.4. The average Bonchev–Trinajstić information content (AvgIpc) is 3.06. The number of ether oxygens (including phenoxy) is 1. The molecule has 3 heteroatoms. The molecule has 1 saturated carbocycles. The van der Waals surface area contributed by atoms with Gasteiger partial charge in [0.1, 0.15) is 5.60 Å². The molecule has 1 heterocycles. The van der Waals surface area contributed by atoms with Crippen molar-refractivity contribution in [1.82, 2.24) is 0 Å². The van der Waals surface area contributed by atoms with Crippen molar-refractivity contribution in [2.75, 3.05) is 7.11 Å². The van der Waals surface area contributed by atoms with Crippen LogP contribution in [0.5, 0.6) is 0 Å². The number of fused-ring (bicyclic) bond motifs is 1. The molecule has 0 spiro atoms. The molecule has 1 fully saturated rings. The lowest BCUT2D eigenvalue weighted by Gasteiger charge is -2.25. The predicted octanol–water partition coefficient (Wildman–Crippen LogP) is 4.04. The van der Waals surface area contributed by atoms with Crippen molar-refractivity contribution in [1.29, 1.82) is 0 Å². The monoisotopic (exact) mass is 260 g/mol. The number of carbonyl (C=O) groups is 1. The molecule has 3 rings (SSSR count). The number of hydrogen-bond donors (Lipinski definition) is 0. The number of Topliss-reactive ketones (excluding diaryl/α,β-unsaturated/α-hetero) is 1. The van der Waals surface area contributed by atoms with Gasteiger partial charge in [-0.2, -0.15) is 0 Å². The molecule has 1 aromatic carbocycles. The van der Waals surface area contributed by atoms with E-state index in [-0.39, 0.29) is 5.78 Å². The highest BCUT2D eigenvalue weighted by Crippen LogP contribution is 2.37. The van der Waals surface area contributed by atoms with E-state index >= 15 is 0 Å². The summed E-state index contributed by atoms with van der Waals surface area (Å²) in [5.41, 5.74) is 0.254. The second-order valence-corrected chi connectivity index (χ2v) is 5.80. The van der Waals surface area contributed by atoms with Crippen LogP contribution in [0, 0.1) is 0 Å². The van der Waals surface area contributed by atoms with Crippen LogP contribution in [0.2, 0.25) is 0 Å². The summed E-state index contributed by atoms with van der Waals surface area (Å²) >= 11 is 1.63. The number of ketones is 1. The maximum absolute atomic E-state index is 12.8. The van der Waals surface area contributed by atoms with E-state index in [2.05, 4.69) is 12.1 Å². The van der Waals surface area contributed by atoms with E-state index in [1.807, 2.05) is 17.5 Å². The second kappa shape index (κ2) is 4.48. The Kier molecular flexibility index (Phi) is 2.96. The lowest BCUT2D eigenvalue weighted by molar-refractivity contribution is 0.00618. The van der Waals surface area contributed by atoms with Crippen molar-refractivity contribution < 1.29 is 9.53 Å². The molecular weight excluding hydrogens is 244 g/mol. The van der Waals surface area contributed by atoms with Gasteiger partial charge in [-0.1, -0.05) is 12.1 Å². The van der Waals surface area contributed by atoms with Gasteiger partial charge in [0, 0.05) is 17.4 Å². The van der Waals surface area contributed by atoms with E-state index in [1.54, 1.807) is 18.4 Å². The Balaban J connectivity index is 2.09. The summed E-state index contributed by atoms with van der Waals surface area (Å²) in [6.07, 6.45) is 3.87. The number of benzene rings is 1. The Hall–Kier alpha value is -1.19. The number of carbonyl (C=O) groups excluding carboxylic acids is 1. The van der Waals surface area contributed by atoms with Crippen LogP contribution in [-0.2, 0) is 4.74 Å². The van der Waals surface area contributed by atoms with E-state index in [1.165, 1.54) is 0 Å². The van der Waals surface area contributed by atoms with Gasteiger partial charge in [0.05, 0.1) is 0 Å². The number of hydrogen-bond acceptors (Lipinski definition) is 3. The first kappa shape index (κ1) is 11.9. The highest BCUT2D eigenvalue weighted by atomic mass is 32.1. The SMILES string of the molecule is COC1(C(=O)c2cccc3ccsc23)CCCC1. The van der Waals surface area contributed by atoms with Crippen molar-refractivity contribution in [3.05, 3.63) is 35.2 Å². The second-order valence-electron chi connectivity index (χ2n) is 4.88. The van der Waals surface area contributed by atoms with Crippen molar-refractivity contribution in [2.24, 2.45) is 0 Å². The zero-order valence-corrected chi connectivity index (χ0v) is 11.3. The summed E-state index contributed by atoms with van der Waals surface area (Å²) in [7, 11) is 1.66. The lowest BCUT2D eigenvalue weighted by atomic mass is 9.90. The number of methoxy groups -OCH3 is 1. The van der Waals surface area contributed by atoms with E-state index in [4.69, 9.17) is 4.74 Å². The van der Waals surface area contributed by atoms with E-state index in [0.717, 1.165) is 41.3 Å². The first-order chi connectivity index (χ1) is 8.77. The van der Waals surface area contributed by atoms with Crippen LogP contribution in [0.3, 0.4) is 0 Å². The third-order valence-corrected chi connectivity index (χ3v) is 4.90. The molecule has 0 atom stereocenters. The summed E-state index contributed by atoms with van der Waals surface area (Å²) in [6, 6.07) is 8.00. The molecule has 0 unspecified atom stereocenters. The van der Waals surface area contributed by atoms with Gasteiger partial charge in [-0.25, -0.2) is 0 Å². The van der Waals surface area contributed by atoms with Crippen molar-refractivity contribution in [2.45, 2.75) is 31.3 Å². The largest absolute Gasteiger partial charge is 0.370 e. The summed E-state index contributed by atoms with van der Waals surface area (Å²) in [5, 5.41) is 3.19. The Labute approximate surface area is 111 Å². The van der Waals surface area contributed by atoms with Crippen LogP contribution >= 0.6 is 11.3 Å². The lowest BCUT2D eigenvalue weighted by Crippen LogP contribution is -2.37. The smallest absolute Gasteiger partial charge is 0.196 e. The van der Waals surface area contributed by atoms with Gasteiger partial charge < -0.3 is 4.74 Å². The van der Waals surface area contributed by atoms with Gasteiger partial charge in [0.15, 0.2) is 5.78 Å². The van der Waals surface area contributed by atoms with Gasteiger partial charge in [0.2, 0.25) is 0 Å². The topological polar surface area (TPSA) is 26.3 Å². The van der Waals surface area contributed by atoms with Crippen molar-refractivity contribution in [3.63, 3.8) is 0 Å². The molecule has 0 bridgehead atoms. The first-order valence-electron chi connectivity index (χ1n) is 6.33. The normalized spacial score (nSPS) is 18.3. The summed E-state index contributed by atoms with van der Waals surface area (Å²) in [4.78, 5) is 12.8. The van der Waals surface area contributed by atoms with Gasteiger partial charge in [0.25, 0.3) is 0 Å². The van der Waals surface area contributed by atoms with Crippen LogP contribution in [0.4, 0.5) is 0 Å². The van der Waals surface area contributed by atoms with Crippen LogP contribution < -0.4 is 0 Å². The summed E-state index contributed by atoms with van der Waals surface area (Å²) < 4.78 is 6.68. The molecule has 2 nitrogen and oxygen atoms in total. The van der Waals surface area contributed by atoms with Crippen LogP contribution in [0.25, 0.3) is 10.1 Å². The molecule has 2 aromatic rings. The number of rotatable bonds is 3. The quantitative estimate of drug-likeness (QED) is 0.778. The van der Waals surface area contributed by atoms with Crippen LogP contribution in [0.15, 0.2) is 29.6 Å². The van der Waals surface area contributed by atoms with E-state index < -0.39 is 5.60 Å². The van der Waals surface area contributed by atoms with E-state index in [0.29, 0.717) is 0 Å². The zero-order chi connectivity index (χ0) is 12.6. The van der Waals surface area contributed by atoms with Gasteiger partial charge in [-0.15, -0.1) is 11.3 Å². The fourth-order valence-electron chi connectivity index (χ4n) is 2.89. The fraction of sp³-hybridized carbons (Fsp3) is 0.400. The Bertz CT molecular complexity index is 579. The van der Waals surface area contributed by atoms with Gasteiger partial charge in [-0.3, -0.25) is 4.79 Å². The van der Waals surface area contributed by atoms with Crippen molar-refractivity contribution in [3.8, 4) is 0 Å². The Morgan fingerprint density at radius 1 is 1.28 bits per heavy atom. The van der Waals surface area contributed by atoms with Gasteiger partial charge in [-0.05, 0) is 48.6 Å². The minimum atomic E-state index is -0.571. The molecule has 1 aliphatic rings. The average molecular weight is 260 g/mol. The molecule has 1 aromatic heterocycles. The molecule has 0 amide bonds. The summed E-state index contributed by atoms with van der Waals surface area (Å²) in [5.74, 6) is 0.163. The first-order valence-corrected chi connectivity index (χ1v) is 7.21. The third kappa shape index (κ3) is 1.70. The third-order valence-electron chi connectivity index (χ3n) is 3.94. The number of thiophene rings is 1. The maximum Gasteiger partial charge on any atom is 0.196 e. The molecular formula is C15H16O2S. The molecule has 0 saturated heterocycles. The maximum atomic E-state index is 12.8. The Morgan fingerprint density at radius 2 is 2.06 bits per heavy atom. The summed E-state index contributed by atoms with van der Waals surface area (Å²) in [6.45, 7) is 0. The molecule has 0 N–H and O–H groups in total. The molecule has 1 aliphatic carbocycles. The minimum absolute atomic E-state index is 0.163. The van der Waals surface area contributed by atoms with E-state index in [9.17, 15) is 4.79 Å². The predicted molar refractivity (Wildman–Crippen MR) is 74.4 cm³/mol. The fourth-order valence-corrected chi connectivity index (χ4v) is 3.80. The standard InChI is InChI=1S/C15H16O2S/c1-17-15(8-2-3-9-15)14(16)12-6-4-5-11-7-10-18-13(11)12/h4-7,10H,2-3,8-9H2,1H3. The minimum Gasteiger partial charge on any atom is -0.370 e. The molecule has 0 aliphatic heterocycles. The highest BCUT2D eigenvalue weighted by Gasteiger charge is 2.42. The van der Waals surface area contributed by atoms with Gasteiger partial charge >= 0.3 is 0 Å². The Morgan fingerprint density at radius 3 is 2.78 bits per heavy atom. The van der Waals surface area contributed by atoms with Crippen LogP contribution in [0.1, 0.15) is 36.0 Å². The highest BCUT2D eigenvalue weighted by molar-refractivity contribution is 7.17. The van der Waals surface area contributed by atoms with Crippen LogP contribution in [-0.4, -0.2) is 18.5 Å². The molecule has 94 valence electrons. The molecule has 0 radical (unpaired) electrons. The van der Waals surface area contributed by atoms with Crippen molar-refractivity contribution >= 4 is 27.2 Å².